The highest BCUT2D eigenvalue weighted by Gasteiger charge is 2.51. The largest absolute Gasteiger partial charge is 0.445 e. The molecule has 1 unspecified atom stereocenters. The average molecular weight is 408 g/mol. The third-order valence-corrected chi connectivity index (χ3v) is 6.11. The number of nitrogens with one attached hydrogen (secondary N) is 1. The summed E-state index contributed by atoms with van der Waals surface area (Å²) >= 11 is 0. The number of nitrogens with zero attached hydrogens (tertiary/aromatic N) is 1. The smallest absolute Gasteiger partial charge is 0.410 e. The van der Waals surface area contributed by atoms with Crippen LogP contribution in [-0.4, -0.2) is 36.2 Å². The maximum Gasteiger partial charge on any atom is 0.410 e. The number of ether oxygens (including phenoxy) is 2. The molecule has 1 aliphatic carbocycles. The van der Waals surface area contributed by atoms with E-state index in [2.05, 4.69) is 5.32 Å². The summed E-state index contributed by atoms with van der Waals surface area (Å²) in [4.78, 5) is 26.8. The molecule has 2 amide bonds. The van der Waals surface area contributed by atoms with E-state index in [9.17, 15) is 9.59 Å². The van der Waals surface area contributed by atoms with Crippen LogP contribution in [0.25, 0.3) is 0 Å². The van der Waals surface area contributed by atoms with Crippen LogP contribution in [-0.2, 0) is 22.7 Å². The molecule has 2 fully saturated rings. The van der Waals surface area contributed by atoms with Crippen LogP contribution in [0, 0.1) is 5.41 Å². The zero-order chi connectivity index (χ0) is 20.8. The van der Waals surface area contributed by atoms with E-state index in [-0.39, 0.29) is 30.8 Å². The molecule has 4 rings (SSSR count). The predicted octanol–water partition coefficient (Wildman–Crippen LogP) is 4.49. The number of alkyl carbamates (subject to hydrolysis) is 1. The molecule has 1 atom stereocenters. The maximum absolute atomic E-state index is 12.7. The zero-order valence-corrected chi connectivity index (χ0v) is 17.1. The average Bonchev–Trinajstić information content (AvgIpc) is 3.59. The molecule has 2 aromatic rings. The lowest BCUT2D eigenvalue weighted by atomic mass is 9.92. The van der Waals surface area contributed by atoms with E-state index < -0.39 is 6.09 Å². The minimum Gasteiger partial charge on any atom is -0.445 e. The Morgan fingerprint density at radius 2 is 1.50 bits per heavy atom. The molecule has 1 heterocycles. The van der Waals surface area contributed by atoms with E-state index in [1.807, 2.05) is 60.7 Å². The van der Waals surface area contributed by atoms with E-state index in [0.717, 1.165) is 36.8 Å². The zero-order valence-electron chi connectivity index (χ0n) is 17.1. The van der Waals surface area contributed by atoms with Crippen LogP contribution in [0.4, 0.5) is 9.59 Å². The Hall–Kier alpha value is -3.02. The minimum atomic E-state index is -0.436. The van der Waals surface area contributed by atoms with Crippen LogP contribution in [0.2, 0.25) is 0 Å². The van der Waals surface area contributed by atoms with Crippen molar-refractivity contribution < 1.29 is 19.1 Å². The highest BCUT2D eigenvalue weighted by atomic mass is 16.6. The maximum atomic E-state index is 12.7. The summed E-state index contributed by atoms with van der Waals surface area (Å²) in [5.41, 5.74) is 1.99. The molecule has 1 N–H and O–H groups in total. The van der Waals surface area contributed by atoms with Crippen LogP contribution in [0.5, 0.6) is 0 Å². The van der Waals surface area contributed by atoms with Gasteiger partial charge >= 0.3 is 12.2 Å². The molecule has 158 valence electrons. The summed E-state index contributed by atoms with van der Waals surface area (Å²) in [6.07, 6.45) is 3.29. The van der Waals surface area contributed by atoms with Crippen molar-refractivity contribution in [1.29, 1.82) is 0 Å². The van der Waals surface area contributed by atoms with Gasteiger partial charge in [-0.15, -0.1) is 0 Å². The Kier molecular flexibility index (Phi) is 6.21. The Morgan fingerprint density at radius 3 is 2.10 bits per heavy atom. The first-order valence-corrected chi connectivity index (χ1v) is 10.6. The first-order chi connectivity index (χ1) is 14.6. The van der Waals surface area contributed by atoms with Gasteiger partial charge in [0.1, 0.15) is 13.2 Å². The minimum absolute atomic E-state index is 0.0836. The van der Waals surface area contributed by atoms with Crippen molar-refractivity contribution in [3.05, 3.63) is 71.8 Å². The van der Waals surface area contributed by atoms with Gasteiger partial charge in [-0.1, -0.05) is 60.7 Å². The fraction of sp³-hybridized carbons (Fsp3) is 0.417. The molecule has 1 saturated heterocycles. The third kappa shape index (κ3) is 5.12. The first kappa shape index (κ1) is 20.3. The second-order valence-electron chi connectivity index (χ2n) is 8.21. The van der Waals surface area contributed by atoms with Crippen LogP contribution in [0.1, 0.15) is 36.8 Å². The highest BCUT2D eigenvalue weighted by molar-refractivity contribution is 5.69. The fourth-order valence-corrected chi connectivity index (χ4v) is 4.14. The Labute approximate surface area is 177 Å². The van der Waals surface area contributed by atoms with Crippen molar-refractivity contribution in [2.24, 2.45) is 5.41 Å². The number of likely N-dealkylation sites (tertiary alicyclic amines) is 1. The molecule has 6 heteroatoms. The summed E-state index contributed by atoms with van der Waals surface area (Å²) in [5.74, 6) is 0. The lowest BCUT2D eigenvalue weighted by molar-refractivity contribution is 0.0903. The van der Waals surface area contributed by atoms with Gasteiger partial charge < -0.3 is 19.7 Å². The Bertz CT molecular complexity index is 852. The van der Waals surface area contributed by atoms with Gasteiger partial charge in [-0.05, 0) is 42.2 Å². The molecule has 0 aromatic heterocycles. The number of benzene rings is 2. The number of carbonyl (C=O) groups is 2. The molecule has 1 spiro atoms. The van der Waals surface area contributed by atoms with Crippen molar-refractivity contribution in [1.82, 2.24) is 10.2 Å². The summed E-state index contributed by atoms with van der Waals surface area (Å²) in [5, 5.41) is 3.03. The van der Waals surface area contributed by atoms with Gasteiger partial charge in [0.15, 0.2) is 0 Å². The second kappa shape index (κ2) is 9.20. The molecular weight excluding hydrogens is 380 g/mol. The van der Waals surface area contributed by atoms with E-state index in [4.69, 9.17) is 9.47 Å². The van der Waals surface area contributed by atoms with Crippen molar-refractivity contribution >= 4 is 12.2 Å². The molecule has 6 nitrogen and oxygen atoms in total. The number of amides is 2. The summed E-state index contributed by atoms with van der Waals surface area (Å²) in [6.45, 7) is 1.58. The molecule has 1 aliphatic heterocycles. The summed E-state index contributed by atoms with van der Waals surface area (Å²) in [7, 11) is 0. The van der Waals surface area contributed by atoms with Crippen LogP contribution < -0.4 is 5.32 Å². The van der Waals surface area contributed by atoms with E-state index >= 15 is 0 Å². The van der Waals surface area contributed by atoms with Crippen molar-refractivity contribution in [2.45, 2.75) is 44.9 Å². The fourth-order valence-electron chi connectivity index (χ4n) is 4.14. The summed E-state index contributed by atoms with van der Waals surface area (Å²) in [6, 6.07) is 19.1. The SMILES string of the molecule is O=C(NC1CN(C(=O)OCc2ccccc2)CCCC12CC2)OCc1ccccc1. The number of carbonyl (C=O) groups excluding carboxylic acids is 2. The van der Waals surface area contributed by atoms with E-state index in [1.54, 1.807) is 4.90 Å². The van der Waals surface area contributed by atoms with Crippen LogP contribution >= 0.6 is 0 Å². The van der Waals surface area contributed by atoms with Gasteiger partial charge in [0, 0.05) is 13.1 Å². The molecule has 30 heavy (non-hydrogen) atoms. The molecule has 2 aromatic carbocycles. The van der Waals surface area contributed by atoms with Gasteiger partial charge in [-0.25, -0.2) is 9.59 Å². The number of hydrogen-bond acceptors (Lipinski definition) is 4. The van der Waals surface area contributed by atoms with E-state index in [0.29, 0.717) is 13.1 Å². The van der Waals surface area contributed by atoms with Gasteiger partial charge in [0.25, 0.3) is 0 Å². The lowest BCUT2D eigenvalue weighted by Crippen LogP contribution is -2.49. The highest BCUT2D eigenvalue weighted by Crippen LogP contribution is 2.53. The molecule has 0 bridgehead atoms. The Balaban J connectivity index is 1.32. The van der Waals surface area contributed by atoms with Crippen molar-refractivity contribution in [3.8, 4) is 0 Å². The monoisotopic (exact) mass is 408 g/mol. The van der Waals surface area contributed by atoms with Gasteiger partial charge in [0.05, 0.1) is 6.04 Å². The van der Waals surface area contributed by atoms with Gasteiger partial charge in [-0.3, -0.25) is 0 Å². The van der Waals surface area contributed by atoms with Crippen LogP contribution in [0.3, 0.4) is 0 Å². The third-order valence-electron chi connectivity index (χ3n) is 6.11. The van der Waals surface area contributed by atoms with Crippen molar-refractivity contribution in [2.75, 3.05) is 13.1 Å². The van der Waals surface area contributed by atoms with Crippen LogP contribution in [0.15, 0.2) is 60.7 Å². The first-order valence-electron chi connectivity index (χ1n) is 10.6. The predicted molar refractivity (Wildman–Crippen MR) is 113 cm³/mol. The van der Waals surface area contributed by atoms with Gasteiger partial charge in [-0.2, -0.15) is 0 Å². The Morgan fingerprint density at radius 1 is 0.900 bits per heavy atom. The molecule has 2 aliphatic rings. The number of rotatable bonds is 5. The normalized spacial score (nSPS) is 19.6. The molecule has 0 radical (unpaired) electrons. The molecule has 1 saturated carbocycles. The summed E-state index contributed by atoms with van der Waals surface area (Å²) < 4.78 is 10.9. The van der Waals surface area contributed by atoms with Crippen molar-refractivity contribution in [3.63, 3.8) is 0 Å². The lowest BCUT2D eigenvalue weighted by Gasteiger charge is -2.28. The quantitative estimate of drug-likeness (QED) is 0.791. The van der Waals surface area contributed by atoms with E-state index in [1.165, 1.54) is 0 Å². The van der Waals surface area contributed by atoms with Gasteiger partial charge in [0.2, 0.25) is 0 Å². The topological polar surface area (TPSA) is 67.9 Å². The second-order valence-corrected chi connectivity index (χ2v) is 8.21. The number of hydrogen-bond donors (Lipinski definition) is 1. The standard InChI is InChI=1S/C24H28N2O4/c27-22(29-17-19-8-3-1-4-9-19)25-21-16-26(15-7-12-24(21)13-14-24)23(28)30-18-20-10-5-2-6-11-20/h1-6,8-11,21H,7,12-18H2,(H,25,27). The molecular formula is C24H28N2O4.